The van der Waals surface area contributed by atoms with Gasteiger partial charge < -0.3 is 14.5 Å². The first-order valence-corrected chi connectivity index (χ1v) is 6.79. The van der Waals surface area contributed by atoms with Gasteiger partial charge in [0, 0.05) is 0 Å². The standard InChI is InChI=1S/C13H8Cl2N2O6/c14-7-2-1-3-8(12(7)15)16-10(18)6-22-13(19)9-4-5-11(23-9)17(20)21/h1-5H,6H2,(H,16,18). The molecule has 1 amide bonds. The van der Waals surface area contributed by atoms with Crippen molar-refractivity contribution in [3.8, 4) is 0 Å². The highest BCUT2D eigenvalue weighted by atomic mass is 35.5. The number of hydrogen-bond donors (Lipinski definition) is 1. The summed E-state index contributed by atoms with van der Waals surface area (Å²) in [4.78, 5) is 32.9. The van der Waals surface area contributed by atoms with E-state index in [4.69, 9.17) is 23.2 Å². The smallest absolute Gasteiger partial charge is 0.433 e. The number of carbonyl (C=O) groups excluding carboxylic acids is 2. The Morgan fingerprint density at radius 1 is 1.26 bits per heavy atom. The summed E-state index contributed by atoms with van der Waals surface area (Å²) in [5.74, 6) is -2.66. The number of ether oxygens (including phenoxy) is 1. The zero-order valence-corrected chi connectivity index (χ0v) is 12.8. The molecule has 2 rings (SSSR count). The molecule has 0 aliphatic rings. The van der Waals surface area contributed by atoms with Gasteiger partial charge in [0.2, 0.25) is 5.76 Å². The molecule has 0 aliphatic heterocycles. The second kappa shape index (κ2) is 7.12. The van der Waals surface area contributed by atoms with Crippen LogP contribution in [0.5, 0.6) is 0 Å². The number of nitrogens with zero attached hydrogens (tertiary/aromatic N) is 1. The van der Waals surface area contributed by atoms with Crippen molar-refractivity contribution in [2.45, 2.75) is 0 Å². The third-order valence-corrected chi connectivity index (χ3v) is 3.35. The highest BCUT2D eigenvalue weighted by molar-refractivity contribution is 6.44. The summed E-state index contributed by atoms with van der Waals surface area (Å²) < 4.78 is 9.33. The molecule has 10 heteroatoms. The third-order valence-electron chi connectivity index (χ3n) is 2.53. The summed E-state index contributed by atoms with van der Waals surface area (Å²) in [6.45, 7) is -0.629. The van der Waals surface area contributed by atoms with E-state index >= 15 is 0 Å². The number of hydrogen-bond acceptors (Lipinski definition) is 6. The predicted octanol–water partition coefficient (Wildman–Crippen LogP) is 3.29. The number of amides is 1. The molecule has 1 aromatic heterocycles. The second-order valence-corrected chi connectivity index (χ2v) is 4.91. The number of rotatable bonds is 5. The van der Waals surface area contributed by atoms with E-state index in [0.29, 0.717) is 0 Å². The first kappa shape index (κ1) is 16.8. The Balaban J connectivity index is 1.92. The van der Waals surface area contributed by atoms with Crippen molar-refractivity contribution in [3.05, 3.63) is 56.3 Å². The van der Waals surface area contributed by atoms with Crippen LogP contribution >= 0.6 is 23.2 Å². The number of nitro groups is 1. The minimum atomic E-state index is -1.01. The van der Waals surface area contributed by atoms with Gasteiger partial charge in [-0.3, -0.25) is 14.9 Å². The van der Waals surface area contributed by atoms with Gasteiger partial charge in [0.05, 0.1) is 21.8 Å². The lowest BCUT2D eigenvalue weighted by molar-refractivity contribution is -0.402. The molecular formula is C13H8Cl2N2O6. The van der Waals surface area contributed by atoms with Crippen molar-refractivity contribution >= 4 is 46.6 Å². The van der Waals surface area contributed by atoms with E-state index in [2.05, 4.69) is 14.5 Å². The van der Waals surface area contributed by atoms with E-state index in [1.165, 1.54) is 6.07 Å². The zero-order valence-electron chi connectivity index (χ0n) is 11.2. The first-order chi connectivity index (χ1) is 10.9. The first-order valence-electron chi connectivity index (χ1n) is 6.03. The lowest BCUT2D eigenvalue weighted by Gasteiger charge is -2.08. The molecule has 0 bridgehead atoms. The monoisotopic (exact) mass is 358 g/mol. The number of nitrogens with one attached hydrogen (secondary N) is 1. The van der Waals surface area contributed by atoms with Crippen molar-refractivity contribution in [2.24, 2.45) is 0 Å². The normalized spacial score (nSPS) is 10.2. The fraction of sp³-hybridized carbons (Fsp3) is 0.0769. The van der Waals surface area contributed by atoms with E-state index in [9.17, 15) is 19.7 Å². The molecular weight excluding hydrogens is 351 g/mol. The molecule has 2 aromatic rings. The third kappa shape index (κ3) is 4.21. The lowest BCUT2D eigenvalue weighted by atomic mass is 10.3. The molecule has 0 spiro atoms. The van der Waals surface area contributed by atoms with Gasteiger partial charge in [-0.05, 0) is 18.2 Å². The van der Waals surface area contributed by atoms with Gasteiger partial charge in [0.15, 0.2) is 6.61 Å². The summed E-state index contributed by atoms with van der Waals surface area (Å²) in [6.07, 6.45) is 0. The van der Waals surface area contributed by atoms with Gasteiger partial charge in [-0.15, -0.1) is 0 Å². The van der Waals surface area contributed by atoms with Crippen LogP contribution in [-0.4, -0.2) is 23.4 Å². The van der Waals surface area contributed by atoms with Crippen molar-refractivity contribution in [3.63, 3.8) is 0 Å². The van der Waals surface area contributed by atoms with Gasteiger partial charge in [0.1, 0.15) is 4.92 Å². The van der Waals surface area contributed by atoms with E-state index < -0.39 is 29.3 Å². The number of esters is 1. The van der Waals surface area contributed by atoms with Crippen molar-refractivity contribution in [1.82, 2.24) is 0 Å². The van der Waals surface area contributed by atoms with Crippen LogP contribution in [0.4, 0.5) is 11.6 Å². The molecule has 0 fully saturated rings. The Morgan fingerprint density at radius 3 is 2.65 bits per heavy atom. The van der Waals surface area contributed by atoms with Gasteiger partial charge >= 0.3 is 11.9 Å². The zero-order chi connectivity index (χ0) is 17.0. The van der Waals surface area contributed by atoms with Crippen molar-refractivity contribution in [2.75, 3.05) is 11.9 Å². The summed E-state index contributed by atoms with van der Waals surface area (Å²) in [5, 5.41) is 13.3. The molecule has 0 saturated carbocycles. The van der Waals surface area contributed by atoms with Crippen LogP contribution in [0, 0.1) is 10.1 Å². The fourth-order valence-electron chi connectivity index (χ4n) is 1.52. The predicted molar refractivity (Wildman–Crippen MR) is 80.7 cm³/mol. The molecule has 0 saturated heterocycles. The van der Waals surface area contributed by atoms with Crippen LogP contribution in [0.2, 0.25) is 10.0 Å². The molecule has 0 radical (unpaired) electrons. The second-order valence-electron chi connectivity index (χ2n) is 4.12. The van der Waals surface area contributed by atoms with Crippen LogP contribution in [0.3, 0.4) is 0 Å². The molecule has 0 unspecified atom stereocenters. The number of benzene rings is 1. The van der Waals surface area contributed by atoms with E-state index in [0.717, 1.165) is 12.1 Å². The average molecular weight is 359 g/mol. The topological polar surface area (TPSA) is 112 Å². The highest BCUT2D eigenvalue weighted by Crippen LogP contribution is 2.29. The maximum absolute atomic E-state index is 11.7. The molecule has 0 aliphatic carbocycles. The van der Waals surface area contributed by atoms with Crippen molar-refractivity contribution in [1.29, 1.82) is 0 Å². The van der Waals surface area contributed by atoms with E-state index in [-0.39, 0.29) is 21.5 Å². The number of halogens is 2. The Bertz CT molecular complexity index is 774. The summed E-state index contributed by atoms with van der Waals surface area (Å²) >= 11 is 11.7. The number of anilines is 1. The molecule has 23 heavy (non-hydrogen) atoms. The maximum Gasteiger partial charge on any atom is 0.433 e. The lowest BCUT2D eigenvalue weighted by Crippen LogP contribution is -2.21. The molecule has 120 valence electrons. The molecule has 1 N–H and O–H groups in total. The molecule has 0 atom stereocenters. The summed E-state index contributed by atoms with van der Waals surface area (Å²) in [7, 11) is 0. The van der Waals surface area contributed by atoms with Gasteiger partial charge in [-0.1, -0.05) is 29.3 Å². The Morgan fingerprint density at radius 2 is 2.00 bits per heavy atom. The molecule has 1 heterocycles. The number of carbonyl (C=O) groups is 2. The van der Waals surface area contributed by atoms with Crippen LogP contribution in [0.15, 0.2) is 34.7 Å². The van der Waals surface area contributed by atoms with Crippen molar-refractivity contribution < 1.29 is 23.7 Å². The fourth-order valence-corrected chi connectivity index (χ4v) is 1.87. The Labute approximate surface area is 139 Å². The minimum Gasteiger partial charge on any atom is -0.450 e. The summed E-state index contributed by atoms with van der Waals surface area (Å²) in [5.41, 5.74) is 0.258. The SMILES string of the molecule is O=C(COC(=O)c1ccc([N+](=O)[O-])o1)Nc1cccc(Cl)c1Cl. The average Bonchev–Trinajstić information content (AvgIpc) is 3.00. The van der Waals surface area contributed by atoms with E-state index in [1.54, 1.807) is 12.1 Å². The quantitative estimate of drug-likeness (QED) is 0.498. The van der Waals surface area contributed by atoms with Crippen LogP contribution < -0.4 is 5.32 Å². The maximum atomic E-state index is 11.7. The molecule has 1 aromatic carbocycles. The highest BCUT2D eigenvalue weighted by Gasteiger charge is 2.19. The van der Waals surface area contributed by atoms with Gasteiger partial charge in [-0.2, -0.15) is 0 Å². The Kier molecular flexibility index (Phi) is 5.20. The Hall–Kier alpha value is -2.58. The minimum absolute atomic E-state index is 0.149. The summed E-state index contributed by atoms with van der Waals surface area (Å²) in [6, 6.07) is 6.72. The number of furan rings is 1. The van der Waals surface area contributed by atoms with Gasteiger partial charge in [-0.25, -0.2) is 4.79 Å². The van der Waals surface area contributed by atoms with Gasteiger partial charge in [0.25, 0.3) is 5.91 Å². The largest absolute Gasteiger partial charge is 0.450 e. The van der Waals surface area contributed by atoms with E-state index in [1.807, 2.05) is 0 Å². The van der Waals surface area contributed by atoms with Crippen LogP contribution in [0.25, 0.3) is 0 Å². The van der Waals surface area contributed by atoms with Crippen LogP contribution in [-0.2, 0) is 9.53 Å². The van der Waals surface area contributed by atoms with Crippen LogP contribution in [0.1, 0.15) is 10.6 Å². The molecule has 8 nitrogen and oxygen atoms in total.